The van der Waals surface area contributed by atoms with Crippen LogP contribution in [0.15, 0.2) is 205 Å². The van der Waals surface area contributed by atoms with Crippen LogP contribution < -0.4 is 4.90 Å². The number of hydrogen-bond donors (Lipinski definition) is 0. The van der Waals surface area contributed by atoms with Crippen LogP contribution in [0.2, 0.25) is 0 Å². The first-order valence-electron chi connectivity index (χ1n) is 17.8. The lowest BCUT2D eigenvalue weighted by Gasteiger charge is -2.29. The number of fused-ring (bicyclic) bond motifs is 6. The van der Waals surface area contributed by atoms with Gasteiger partial charge in [-0.1, -0.05) is 170 Å². The van der Waals surface area contributed by atoms with E-state index in [0.717, 1.165) is 55.3 Å². The van der Waals surface area contributed by atoms with Crippen molar-refractivity contribution in [3.05, 3.63) is 200 Å². The van der Waals surface area contributed by atoms with E-state index in [9.17, 15) is 0 Å². The van der Waals surface area contributed by atoms with E-state index in [1.54, 1.807) is 0 Å². The van der Waals surface area contributed by atoms with E-state index in [4.69, 9.17) is 4.42 Å². The molecule has 10 rings (SSSR count). The molecule has 0 amide bonds. The van der Waals surface area contributed by atoms with Gasteiger partial charge in [-0.2, -0.15) is 0 Å². The third kappa shape index (κ3) is 4.96. The Morgan fingerprint density at radius 3 is 1.77 bits per heavy atom. The van der Waals surface area contributed by atoms with Crippen LogP contribution in [0.5, 0.6) is 0 Å². The topological polar surface area (TPSA) is 16.4 Å². The zero-order chi connectivity index (χ0) is 34.4. The van der Waals surface area contributed by atoms with Gasteiger partial charge in [0.15, 0.2) is 0 Å². The Hall–Kier alpha value is -6.90. The number of nitrogens with zero attached hydrogens (tertiary/aromatic N) is 1. The quantitative estimate of drug-likeness (QED) is 0.176. The molecule has 9 aromatic carbocycles. The van der Waals surface area contributed by atoms with Gasteiger partial charge >= 0.3 is 0 Å². The predicted octanol–water partition coefficient (Wildman–Crippen LogP) is 14.4. The summed E-state index contributed by atoms with van der Waals surface area (Å²) in [4.78, 5) is 2.44. The first-order chi connectivity index (χ1) is 25.8. The normalized spacial score (nSPS) is 11.5. The zero-order valence-electron chi connectivity index (χ0n) is 28.4. The minimum absolute atomic E-state index is 0.875. The fraction of sp³-hybridized carbons (Fsp3) is 0. The number of rotatable bonds is 6. The molecule has 0 aliphatic rings. The van der Waals surface area contributed by atoms with Crippen molar-refractivity contribution in [2.45, 2.75) is 0 Å². The van der Waals surface area contributed by atoms with Gasteiger partial charge in [0.2, 0.25) is 0 Å². The van der Waals surface area contributed by atoms with Crippen molar-refractivity contribution < 1.29 is 4.42 Å². The van der Waals surface area contributed by atoms with E-state index < -0.39 is 0 Å². The Morgan fingerprint density at radius 2 is 0.942 bits per heavy atom. The van der Waals surface area contributed by atoms with Crippen molar-refractivity contribution in [1.82, 2.24) is 0 Å². The number of hydrogen-bond acceptors (Lipinski definition) is 2. The molecule has 244 valence electrons. The minimum atomic E-state index is 0.875. The van der Waals surface area contributed by atoms with Gasteiger partial charge in [-0.25, -0.2) is 0 Å². The molecule has 2 nitrogen and oxygen atoms in total. The van der Waals surface area contributed by atoms with Crippen LogP contribution in [0, 0.1) is 0 Å². The van der Waals surface area contributed by atoms with E-state index in [1.807, 2.05) is 0 Å². The zero-order valence-corrected chi connectivity index (χ0v) is 28.4. The van der Waals surface area contributed by atoms with Crippen molar-refractivity contribution in [2.75, 3.05) is 4.90 Å². The van der Waals surface area contributed by atoms with Gasteiger partial charge in [0.25, 0.3) is 0 Å². The lowest BCUT2D eigenvalue weighted by molar-refractivity contribution is 0.673. The first-order valence-corrected chi connectivity index (χ1v) is 17.8. The summed E-state index contributed by atoms with van der Waals surface area (Å²) in [5.41, 5.74) is 12.1. The van der Waals surface area contributed by atoms with Gasteiger partial charge < -0.3 is 9.32 Å². The molecule has 0 unspecified atom stereocenters. The van der Waals surface area contributed by atoms with Crippen LogP contribution >= 0.6 is 0 Å². The highest BCUT2D eigenvalue weighted by Gasteiger charge is 2.23. The molecule has 0 spiro atoms. The molecule has 0 aliphatic carbocycles. The lowest BCUT2D eigenvalue weighted by atomic mass is 9.91. The summed E-state index contributed by atoms with van der Waals surface area (Å²) in [5, 5.41) is 6.80. The second-order valence-electron chi connectivity index (χ2n) is 13.3. The second-order valence-corrected chi connectivity index (χ2v) is 13.3. The molecule has 0 fully saturated rings. The van der Waals surface area contributed by atoms with Crippen molar-refractivity contribution in [3.63, 3.8) is 0 Å². The number of furan rings is 1. The van der Waals surface area contributed by atoms with E-state index in [0.29, 0.717) is 0 Å². The Kier molecular flexibility index (Phi) is 7.18. The Balaban J connectivity index is 1.30. The fourth-order valence-electron chi connectivity index (χ4n) is 7.89. The largest absolute Gasteiger partial charge is 0.455 e. The van der Waals surface area contributed by atoms with E-state index in [-0.39, 0.29) is 0 Å². The van der Waals surface area contributed by atoms with Crippen LogP contribution in [-0.2, 0) is 0 Å². The van der Waals surface area contributed by atoms with Crippen LogP contribution in [-0.4, -0.2) is 0 Å². The highest BCUT2D eigenvalue weighted by Crippen LogP contribution is 2.48. The molecule has 0 N–H and O–H groups in total. The first kappa shape index (κ1) is 30.0. The summed E-state index contributed by atoms with van der Waals surface area (Å²) in [7, 11) is 0. The molecule has 1 heterocycles. The SMILES string of the molecule is c1ccc(-c2cccc(N(c3cccc4ccccc34)c3cc4c(oc5cccc(-c6ccccc6-c6ccccc6)c54)c4ccccc34)c2)cc1. The number of benzene rings is 9. The maximum atomic E-state index is 6.85. The van der Waals surface area contributed by atoms with Crippen molar-refractivity contribution in [2.24, 2.45) is 0 Å². The summed E-state index contributed by atoms with van der Waals surface area (Å²) in [6.45, 7) is 0. The van der Waals surface area contributed by atoms with E-state index >= 15 is 0 Å². The maximum absolute atomic E-state index is 6.85. The molecule has 1 aromatic heterocycles. The Morgan fingerprint density at radius 1 is 0.346 bits per heavy atom. The highest BCUT2D eigenvalue weighted by molar-refractivity contribution is 6.23. The molecule has 52 heavy (non-hydrogen) atoms. The fourth-order valence-corrected chi connectivity index (χ4v) is 7.89. The Labute approximate surface area is 302 Å². The third-order valence-electron chi connectivity index (χ3n) is 10.2. The molecule has 10 aromatic rings. The highest BCUT2D eigenvalue weighted by atomic mass is 16.3. The van der Waals surface area contributed by atoms with E-state index in [1.165, 1.54) is 38.6 Å². The smallest absolute Gasteiger partial charge is 0.143 e. The maximum Gasteiger partial charge on any atom is 0.143 e. The summed E-state index contributed by atoms with van der Waals surface area (Å²) >= 11 is 0. The molecule has 0 saturated heterocycles. The van der Waals surface area contributed by atoms with Gasteiger partial charge in [-0.15, -0.1) is 0 Å². The van der Waals surface area contributed by atoms with Gasteiger partial charge in [0.05, 0.1) is 11.4 Å². The van der Waals surface area contributed by atoms with Crippen LogP contribution in [0.1, 0.15) is 0 Å². The van der Waals surface area contributed by atoms with Gasteiger partial charge in [0, 0.05) is 32.6 Å². The Bertz CT molecular complexity index is 2900. The van der Waals surface area contributed by atoms with Crippen LogP contribution in [0.25, 0.3) is 76.9 Å². The molecule has 0 aliphatic heterocycles. The van der Waals surface area contributed by atoms with Crippen molar-refractivity contribution in [3.8, 4) is 33.4 Å². The molecule has 0 atom stereocenters. The average molecular weight is 664 g/mol. The van der Waals surface area contributed by atoms with Gasteiger partial charge in [0.1, 0.15) is 11.2 Å². The third-order valence-corrected chi connectivity index (χ3v) is 10.2. The van der Waals surface area contributed by atoms with Crippen LogP contribution in [0.4, 0.5) is 17.1 Å². The molecule has 2 heteroatoms. The standard InChI is InChI=1S/C50H33NO/c1-3-16-34(17-4-1)37-22-13-23-38(32-37)51(46-30-14-21-36-20-7-8-25-40(36)46)47-33-45-49-43(41-26-10-9-24-39(41)35-18-5-2-6-19-35)29-15-31-48(49)52-50(45)44-28-12-11-27-42(44)47/h1-33H. The molecule has 0 radical (unpaired) electrons. The molecular weight excluding hydrogens is 631 g/mol. The van der Waals surface area contributed by atoms with Gasteiger partial charge in [-0.3, -0.25) is 0 Å². The molecular formula is C50H33NO. The van der Waals surface area contributed by atoms with Crippen molar-refractivity contribution in [1.29, 1.82) is 0 Å². The minimum Gasteiger partial charge on any atom is -0.455 e. The molecule has 0 saturated carbocycles. The van der Waals surface area contributed by atoms with E-state index in [2.05, 4.69) is 205 Å². The molecule has 0 bridgehead atoms. The predicted molar refractivity (Wildman–Crippen MR) is 220 cm³/mol. The average Bonchev–Trinajstić information content (AvgIpc) is 3.61. The summed E-state index contributed by atoms with van der Waals surface area (Å²) in [6.07, 6.45) is 0. The monoisotopic (exact) mass is 663 g/mol. The summed E-state index contributed by atoms with van der Waals surface area (Å²) in [6, 6.07) is 71.6. The van der Waals surface area contributed by atoms with Crippen LogP contribution in [0.3, 0.4) is 0 Å². The number of anilines is 3. The summed E-state index contributed by atoms with van der Waals surface area (Å²) in [5.74, 6) is 0. The lowest BCUT2D eigenvalue weighted by Crippen LogP contribution is -2.11. The van der Waals surface area contributed by atoms with Crippen molar-refractivity contribution >= 4 is 60.5 Å². The van der Waals surface area contributed by atoms with Gasteiger partial charge in [-0.05, 0) is 69.1 Å². The summed E-state index contributed by atoms with van der Waals surface area (Å²) < 4.78 is 6.85. The second kappa shape index (κ2) is 12.5.